The van der Waals surface area contributed by atoms with Crippen LogP contribution in [0.5, 0.6) is 0 Å². The zero-order valence-electron chi connectivity index (χ0n) is 12.6. The smallest absolute Gasteiger partial charge is 0.336 e. The number of hydrogen-bond acceptors (Lipinski definition) is 3. The Labute approximate surface area is 141 Å². The number of alkyl halides is 3. The van der Waals surface area contributed by atoms with Gasteiger partial charge in [-0.2, -0.15) is 13.2 Å². The Kier molecular flexibility index (Phi) is 6.76. The van der Waals surface area contributed by atoms with Crippen molar-refractivity contribution in [3.8, 4) is 0 Å². The van der Waals surface area contributed by atoms with E-state index in [-0.39, 0.29) is 10.9 Å². The third kappa shape index (κ3) is 6.31. The molecule has 4 nitrogen and oxygen atoms in total. The number of rotatable bonds is 4. The summed E-state index contributed by atoms with van der Waals surface area (Å²) >= 11 is 6.44. The van der Waals surface area contributed by atoms with Crippen LogP contribution in [0.4, 0.5) is 18.0 Å². The molecule has 0 spiro atoms. The third-order valence-corrected chi connectivity index (χ3v) is 4.01. The van der Waals surface area contributed by atoms with Crippen LogP contribution in [0.25, 0.3) is 0 Å². The summed E-state index contributed by atoms with van der Waals surface area (Å²) in [5, 5.41) is 3.45. The van der Waals surface area contributed by atoms with E-state index in [0.29, 0.717) is 0 Å². The SMILES string of the molecule is CC(C)NC(=O)NC(=O)[C@H](C)Sc1ccc(Cl)c(C(F)(F)F)c1. The van der Waals surface area contributed by atoms with Crippen LogP contribution < -0.4 is 10.6 Å². The number of hydrogen-bond donors (Lipinski definition) is 2. The lowest BCUT2D eigenvalue weighted by molar-refractivity contribution is -0.137. The molecule has 0 aliphatic carbocycles. The first-order valence-corrected chi connectivity index (χ1v) is 7.91. The van der Waals surface area contributed by atoms with Crippen molar-refractivity contribution in [1.82, 2.24) is 10.6 Å². The molecule has 0 unspecified atom stereocenters. The standard InChI is InChI=1S/C14H16ClF3N2O2S/c1-7(2)19-13(22)20-12(21)8(3)23-9-4-5-11(15)10(6-9)14(16,17)18/h4-8H,1-3H3,(H2,19,20,21,22)/t8-/m0/s1. The summed E-state index contributed by atoms with van der Waals surface area (Å²) in [7, 11) is 0. The third-order valence-electron chi connectivity index (χ3n) is 2.58. The second kappa shape index (κ2) is 7.92. The fourth-order valence-corrected chi connectivity index (χ4v) is 2.70. The van der Waals surface area contributed by atoms with Gasteiger partial charge in [0.15, 0.2) is 0 Å². The van der Waals surface area contributed by atoms with E-state index < -0.39 is 34.0 Å². The van der Waals surface area contributed by atoms with Crippen molar-refractivity contribution in [2.45, 2.75) is 43.1 Å². The van der Waals surface area contributed by atoms with E-state index in [1.54, 1.807) is 13.8 Å². The van der Waals surface area contributed by atoms with E-state index in [1.807, 2.05) is 0 Å². The molecule has 0 saturated carbocycles. The number of benzene rings is 1. The van der Waals surface area contributed by atoms with E-state index in [0.717, 1.165) is 23.9 Å². The summed E-state index contributed by atoms with van der Waals surface area (Å²) < 4.78 is 38.4. The molecule has 0 aliphatic heterocycles. The fourth-order valence-electron chi connectivity index (χ4n) is 1.56. The first kappa shape index (κ1) is 19.6. The normalized spacial score (nSPS) is 12.9. The molecule has 0 saturated heterocycles. The number of thioether (sulfide) groups is 1. The summed E-state index contributed by atoms with van der Waals surface area (Å²) in [5.74, 6) is -0.600. The van der Waals surface area contributed by atoms with Crippen molar-refractivity contribution in [3.05, 3.63) is 28.8 Å². The predicted molar refractivity (Wildman–Crippen MR) is 83.6 cm³/mol. The maximum atomic E-state index is 12.8. The zero-order chi connectivity index (χ0) is 17.8. The number of imide groups is 1. The van der Waals surface area contributed by atoms with Crippen molar-refractivity contribution in [2.75, 3.05) is 0 Å². The van der Waals surface area contributed by atoms with Gasteiger partial charge in [0.05, 0.1) is 15.8 Å². The Morgan fingerprint density at radius 1 is 1.22 bits per heavy atom. The second-order valence-electron chi connectivity index (χ2n) is 5.02. The molecule has 2 N–H and O–H groups in total. The van der Waals surface area contributed by atoms with E-state index in [9.17, 15) is 22.8 Å². The maximum Gasteiger partial charge on any atom is 0.417 e. The minimum atomic E-state index is -4.57. The number of amides is 3. The number of halogens is 4. The minimum absolute atomic E-state index is 0.142. The summed E-state index contributed by atoms with van der Waals surface area (Å²) in [6.45, 7) is 4.95. The molecule has 23 heavy (non-hydrogen) atoms. The molecule has 0 fully saturated rings. The summed E-state index contributed by atoms with van der Waals surface area (Å²) in [5.41, 5.74) is -0.964. The highest BCUT2D eigenvalue weighted by atomic mass is 35.5. The minimum Gasteiger partial charge on any atom is -0.336 e. The largest absolute Gasteiger partial charge is 0.417 e. The van der Waals surface area contributed by atoms with Crippen LogP contribution in [0.15, 0.2) is 23.1 Å². The molecule has 1 rings (SSSR count). The lowest BCUT2D eigenvalue weighted by Gasteiger charge is -2.15. The van der Waals surface area contributed by atoms with Gasteiger partial charge in [0.2, 0.25) is 5.91 Å². The van der Waals surface area contributed by atoms with Gasteiger partial charge in [-0.15, -0.1) is 11.8 Å². The quantitative estimate of drug-likeness (QED) is 0.787. The maximum absolute atomic E-state index is 12.8. The number of urea groups is 1. The highest BCUT2D eigenvalue weighted by Crippen LogP contribution is 2.37. The topological polar surface area (TPSA) is 58.2 Å². The Morgan fingerprint density at radius 2 is 1.83 bits per heavy atom. The number of carbonyl (C=O) groups is 2. The number of nitrogens with one attached hydrogen (secondary N) is 2. The molecule has 3 amide bonds. The molecule has 1 atom stereocenters. The molecular formula is C14H16ClF3N2O2S. The van der Waals surface area contributed by atoms with Gasteiger partial charge in [-0.1, -0.05) is 11.6 Å². The second-order valence-corrected chi connectivity index (χ2v) is 6.84. The van der Waals surface area contributed by atoms with E-state index in [2.05, 4.69) is 10.6 Å². The lowest BCUT2D eigenvalue weighted by Crippen LogP contribution is -2.45. The van der Waals surface area contributed by atoms with Crippen LogP contribution >= 0.6 is 23.4 Å². The molecular weight excluding hydrogens is 353 g/mol. The van der Waals surface area contributed by atoms with Gasteiger partial charge in [0, 0.05) is 10.9 Å². The molecule has 1 aromatic rings. The Bertz CT molecular complexity index is 594. The molecule has 9 heteroatoms. The van der Waals surface area contributed by atoms with Crippen molar-refractivity contribution >= 4 is 35.3 Å². The van der Waals surface area contributed by atoms with Gasteiger partial charge < -0.3 is 5.32 Å². The zero-order valence-corrected chi connectivity index (χ0v) is 14.2. The summed E-state index contributed by atoms with van der Waals surface area (Å²) in [6.07, 6.45) is -4.57. The average Bonchev–Trinajstić information content (AvgIpc) is 2.38. The Balaban J connectivity index is 2.76. The lowest BCUT2D eigenvalue weighted by atomic mass is 10.2. The monoisotopic (exact) mass is 368 g/mol. The van der Waals surface area contributed by atoms with E-state index >= 15 is 0 Å². The predicted octanol–water partition coefficient (Wildman–Crippen LogP) is 4.07. The van der Waals surface area contributed by atoms with E-state index in [1.165, 1.54) is 13.0 Å². The van der Waals surface area contributed by atoms with Crippen LogP contribution in [0, 0.1) is 0 Å². The van der Waals surface area contributed by atoms with Crippen molar-refractivity contribution in [3.63, 3.8) is 0 Å². The van der Waals surface area contributed by atoms with Crippen LogP contribution in [0.2, 0.25) is 5.02 Å². The van der Waals surface area contributed by atoms with Gasteiger partial charge in [-0.05, 0) is 39.0 Å². The van der Waals surface area contributed by atoms with Crippen LogP contribution in [0.3, 0.4) is 0 Å². The molecule has 0 heterocycles. The van der Waals surface area contributed by atoms with Crippen LogP contribution in [-0.2, 0) is 11.0 Å². The highest BCUT2D eigenvalue weighted by Gasteiger charge is 2.33. The van der Waals surface area contributed by atoms with Crippen molar-refractivity contribution in [1.29, 1.82) is 0 Å². The highest BCUT2D eigenvalue weighted by molar-refractivity contribution is 8.00. The number of carbonyl (C=O) groups excluding carboxylic acids is 2. The molecule has 0 aliphatic rings. The van der Waals surface area contributed by atoms with Gasteiger partial charge in [-0.3, -0.25) is 10.1 Å². The average molecular weight is 369 g/mol. The molecule has 0 aromatic heterocycles. The fraction of sp³-hybridized carbons (Fsp3) is 0.429. The first-order chi connectivity index (χ1) is 10.5. The van der Waals surface area contributed by atoms with Gasteiger partial charge in [0.1, 0.15) is 0 Å². The molecule has 128 valence electrons. The van der Waals surface area contributed by atoms with E-state index in [4.69, 9.17) is 11.6 Å². The summed E-state index contributed by atoms with van der Waals surface area (Å²) in [4.78, 5) is 23.5. The Hall–Kier alpha value is -1.41. The molecule has 1 aromatic carbocycles. The molecule has 0 radical (unpaired) electrons. The van der Waals surface area contributed by atoms with Crippen molar-refractivity contribution < 1.29 is 22.8 Å². The van der Waals surface area contributed by atoms with Gasteiger partial charge in [0.25, 0.3) is 0 Å². The molecule has 0 bridgehead atoms. The summed E-state index contributed by atoms with van der Waals surface area (Å²) in [6, 6.07) is 2.61. The van der Waals surface area contributed by atoms with Crippen LogP contribution in [0.1, 0.15) is 26.3 Å². The van der Waals surface area contributed by atoms with Gasteiger partial charge in [-0.25, -0.2) is 4.79 Å². The van der Waals surface area contributed by atoms with Gasteiger partial charge >= 0.3 is 12.2 Å². The first-order valence-electron chi connectivity index (χ1n) is 6.65. The van der Waals surface area contributed by atoms with Crippen LogP contribution in [-0.4, -0.2) is 23.2 Å². The van der Waals surface area contributed by atoms with Crippen molar-refractivity contribution in [2.24, 2.45) is 0 Å². The Morgan fingerprint density at radius 3 is 2.35 bits per heavy atom.